The molecule has 0 bridgehead atoms. The fraction of sp³-hybridized carbons (Fsp3) is 0.278. The molecular formula is C18H17BrClNO3. The zero-order valence-electron chi connectivity index (χ0n) is 13.4. The van der Waals surface area contributed by atoms with Crippen molar-refractivity contribution < 1.29 is 14.3 Å². The van der Waals surface area contributed by atoms with Gasteiger partial charge in [0.25, 0.3) is 5.91 Å². The van der Waals surface area contributed by atoms with Gasteiger partial charge in [0.1, 0.15) is 0 Å². The fourth-order valence-corrected chi connectivity index (χ4v) is 3.45. The number of rotatable bonds is 3. The van der Waals surface area contributed by atoms with Crippen LogP contribution in [0.3, 0.4) is 0 Å². The molecule has 0 aliphatic carbocycles. The highest BCUT2D eigenvalue weighted by Gasteiger charge is 2.25. The smallest absolute Gasteiger partial charge is 0.255 e. The molecule has 0 unspecified atom stereocenters. The van der Waals surface area contributed by atoms with Gasteiger partial charge in [-0.1, -0.05) is 27.5 Å². The zero-order chi connectivity index (χ0) is 17.3. The van der Waals surface area contributed by atoms with Gasteiger partial charge in [0.05, 0.1) is 24.8 Å². The van der Waals surface area contributed by atoms with Crippen LogP contribution in [0.5, 0.6) is 11.5 Å². The molecule has 0 atom stereocenters. The number of carbonyl (C=O) groups excluding carboxylic acids is 1. The molecule has 126 valence electrons. The first kappa shape index (κ1) is 17.1. The van der Waals surface area contributed by atoms with Gasteiger partial charge in [-0.25, -0.2) is 0 Å². The van der Waals surface area contributed by atoms with Gasteiger partial charge in [0.15, 0.2) is 11.5 Å². The molecule has 1 amide bonds. The molecule has 0 radical (unpaired) electrons. The van der Waals surface area contributed by atoms with Gasteiger partial charge in [0, 0.05) is 17.6 Å². The standard InChI is InChI=1S/C18H17BrClNO3/c1-23-16-7-11-5-6-21(10-12(11)8-17(16)24-2)18(22)14-9-13(19)3-4-15(14)20/h3-4,7-9H,5-6,10H2,1-2H3. The molecule has 0 saturated carbocycles. The van der Waals surface area contributed by atoms with Gasteiger partial charge < -0.3 is 14.4 Å². The van der Waals surface area contributed by atoms with Gasteiger partial charge in [-0.2, -0.15) is 0 Å². The molecule has 0 fully saturated rings. The molecular weight excluding hydrogens is 394 g/mol. The highest BCUT2D eigenvalue weighted by molar-refractivity contribution is 9.10. The van der Waals surface area contributed by atoms with Crippen LogP contribution in [-0.4, -0.2) is 31.6 Å². The number of nitrogens with zero attached hydrogens (tertiary/aromatic N) is 1. The Morgan fingerprint density at radius 3 is 2.46 bits per heavy atom. The van der Waals surface area contributed by atoms with E-state index in [1.54, 1.807) is 26.4 Å². The summed E-state index contributed by atoms with van der Waals surface area (Å²) in [5.74, 6) is 1.32. The molecule has 24 heavy (non-hydrogen) atoms. The lowest BCUT2D eigenvalue weighted by atomic mass is 9.98. The van der Waals surface area contributed by atoms with Gasteiger partial charge >= 0.3 is 0 Å². The number of methoxy groups -OCH3 is 2. The quantitative estimate of drug-likeness (QED) is 0.756. The van der Waals surface area contributed by atoms with Crippen molar-refractivity contribution >= 4 is 33.4 Å². The number of hydrogen-bond donors (Lipinski definition) is 0. The minimum atomic E-state index is -0.0678. The third-order valence-corrected chi connectivity index (χ3v) is 4.99. The lowest BCUT2D eigenvalue weighted by molar-refractivity contribution is 0.0734. The monoisotopic (exact) mass is 409 g/mol. The molecule has 0 spiro atoms. The maximum absolute atomic E-state index is 12.8. The Kier molecular flexibility index (Phi) is 5.01. The lowest BCUT2D eigenvalue weighted by Crippen LogP contribution is -2.36. The first-order valence-electron chi connectivity index (χ1n) is 7.51. The fourth-order valence-electron chi connectivity index (χ4n) is 2.89. The summed E-state index contributed by atoms with van der Waals surface area (Å²) in [7, 11) is 3.23. The van der Waals surface area contributed by atoms with Crippen LogP contribution in [-0.2, 0) is 13.0 Å². The number of amides is 1. The van der Waals surface area contributed by atoms with Crippen molar-refractivity contribution in [1.82, 2.24) is 4.90 Å². The summed E-state index contributed by atoms with van der Waals surface area (Å²) in [6.07, 6.45) is 0.771. The number of benzene rings is 2. The lowest BCUT2D eigenvalue weighted by Gasteiger charge is -2.30. The molecule has 0 saturated heterocycles. The van der Waals surface area contributed by atoms with Crippen LogP contribution in [0.1, 0.15) is 21.5 Å². The van der Waals surface area contributed by atoms with Crippen molar-refractivity contribution in [3.8, 4) is 11.5 Å². The van der Waals surface area contributed by atoms with Crippen molar-refractivity contribution in [1.29, 1.82) is 0 Å². The summed E-state index contributed by atoms with van der Waals surface area (Å²) < 4.78 is 11.5. The summed E-state index contributed by atoms with van der Waals surface area (Å²) in [6.45, 7) is 1.17. The van der Waals surface area contributed by atoms with E-state index in [2.05, 4.69) is 15.9 Å². The summed E-state index contributed by atoms with van der Waals surface area (Å²) in [6, 6.07) is 9.24. The molecule has 6 heteroatoms. The van der Waals surface area contributed by atoms with E-state index in [1.165, 1.54) is 5.56 Å². The molecule has 2 aromatic carbocycles. The number of halogens is 2. The van der Waals surface area contributed by atoms with Gasteiger partial charge in [-0.05, 0) is 47.9 Å². The minimum Gasteiger partial charge on any atom is -0.493 e. The second-order valence-corrected chi connectivity index (χ2v) is 6.90. The molecule has 0 N–H and O–H groups in total. The van der Waals surface area contributed by atoms with E-state index in [0.29, 0.717) is 35.2 Å². The van der Waals surface area contributed by atoms with Crippen LogP contribution in [0.2, 0.25) is 5.02 Å². The maximum Gasteiger partial charge on any atom is 0.255 e. The van der Waals surface area contributed by atoms with Crippen molar-refractivity contribution in [2.75, 3.05) is 20.8 Å². The number of ether oxygens (including phenoxy) is 2. The van der Waals surface area contributed by atoms with Crippen LogP contribution >= 0.6 is 27.5 Å². The predicted molar refractivity (Wildman–Crippen MR) is 97.1 cm³/mol. The van der Waals surface area contributed by atoms with Crippen LogP contribution < -0.4 is 9.47 Å². The first-order chi connectivity index (χ1) is 11.5. The minimum absolute atomic E-state index is 0.0678. The average Bonchev–Trinajstić information content (AvgIpc) is 2.61. The van der Waals surface area contributed by atoms with Crippen molar-refractivity contribution in [2.45, 2.75) is 13.0 Å². The number of carbonyl (C=O) groups is 1. The van der Waals surface area contributed by atoms with E-state index in [9.17, 15) is 4.79 Å². The average molecular weight is 411 g/mol. The highest BCUT2D eigenvalue weighted by atomic mass is 79.9. The first-order valence-corrected chi connectivity index (χ1v) is 8.68. The topological polar surface area (TPSA) is 38.8 Å². The van der Waals surface area contributed by atoms with Crippen LogP contribution in [0, 0.1) is 0 Å². The second kappa shape index (κ2) is 7.03. The molecule has 1 aliphatic heterocycles. The SMILES string of the molecule is COc1cc2c(cc1OC)CN(C(=O)c1cc(Br)ccc1Cl)CC2. The summed E-state index contributed by atoms with van der Waals surface area (Å²) in [4.78, 5) is 14.6. The Bertz CT molecular complexity index is 794. The third kappa shape index (κ3) is 3.23. The Balaban J connectivity index is 1.89. The summed E-state index contributed by atoms with van der Waals surface area (Å²) in [5.41, 5.74) is 2.75. The Hall–Kier alpha value is -1.72. The van der Waals surface area contributed by atoms with E-state index < -0.39 is 0 Å². The van der Waals surface area contributed by atoms with Crippen LogP contribution in [0.4, 0.5) is 0 Å². The van der Waals surface area contributed by atoms with Crippen LogP contribution in [0.15, 0.2) is 34.8 Å². The zero-order valence-corrected chi connectivity index (χ0v) is 15.8. The molecule has 2 aromatic rings. The third-order valence-electron chi connectivity index (χ3n) is 4.16. The van der Waals surface area contributed by atoms with Gasteiger partial charge in [-0.15, -0.1) is 0 Å². The Morgan fingerprint density at radius 2 is 1.79 bits per heavy atom. The van der Waals surface area contributed by atoms with E-state index in [1.807, 2.05) is 23.1 Å². The molecule has 4 nitrogen and oxygen atoms in total. The largest absolute Gasteiger partial charge is 0.493 e. The van der Waals surface area contributed by atoms with Gasteiger partial charge in [0.2, 0.25) is 0 Å². The van der Waals surface area contributed by atoms with Crippen molar-refractivity contribution in [3.05, 3.63) is 56.5 Å². The Morgan fingerprint density at radius 1 is 1.12 bits per heavy atom. The van der Waals surface area contributed by atoms with E-state index in [-0.39, 0.29) is 5.91 Å². The summed E-state index contributed by atoms with van der Waals surface area (Å²) in [5, 5.41) is 0.460. The van der Waals surface area contributed by atoms with Crippen molar-refractivity contribution in [2.24, 2.45) is 0 Å². The van der Waals surface area contributed by atoms with Crippen molar-refractivity contribution in [3.63, 3.8) is 0 Å². The van der Waals surface area contributed by atoms with Crippen LogP contribution in [0.25, 0.3) is 0 Å². The number of hydrogen-bond acceptors (Lipinski definition) is 3. The maximum atomic E-state index is 12.8. The van der Waals surface area contributed by atoms with E-state index >= 15 is 0 Å². The van der Waals surface area contributed by atoms with E-state index in [4.69, 9.17) is 21.1 Å². The predicted octanol–water partition coefficient (Wildman–Crippen LogP) is 4.32. The molecule has 3 rings (SSSR count). The molecule has 1 heterocycles. The molecule has 1 aliphatic rings. The second-order valence-electron chi connectivity index (χ2n) is 5.58. The normalized spacial score (nSPS) is 13.4. The highest BCUT2D eigenvalue weighted by Crippen LogP contribution is 2.34. The van der Waals surface area contributed by atoms with Gasteiger partial charge in [-0.3, -0.25) is 4.79 Å². The summed E-state index contributed by atoms with van der Waals surface area (Å²) >= 11 is 9.58. The Labute approximate surface area is 154 Å². The van der Waals surface area contributed by atoms with E-state index in [0.717, 1.165) is 16.5 Å². The molecule has 0 aromatic heterocycles. The number of fused-ring (bicyclic) bond motifs is 1.